The largest absolute Gasteiger partial charge is 0.0619 e. The molecule has 0 fully saturated rings. The molecule has 0 spiro atoms. The topological polar surface area (TPSA) is 0 Å². The molecule has 0 heteroatoms. The van der Waals surface area contributed by atoms with Gasteiger partial charge in [0, 0.05) is 0 Å². The molecular weight excluding hydrogens is 240 g/mol. The van der Waals surface area contributed by atoms with Crippen molar-refractivity contribution in [2.45, 2.75) is 12.8 Å². The summed E-state index contributed by atoms with van der Waals surface area (Å²) in [4.78, 5) is 0. The number of rotatable bonds is 0. The molecule has 0 saturated carbocycles. The highest BCUT2D eigenvalue weighted by atomic mass is 14.3. The lowest BCUT2D eigenvalue weighted by atomic mass is 9.98. The zero-order chi connectivity index (χ0) is 13.1. The minimum Gasteiger partial charge on any atom is -0.0619 e. The molecule has 2 aliphatic carbocycles. The van der Waals surface area contributed by atoms with E-state index in [0.717, 1.165) is 12.8 Å². The summed E-state index contributed by atoms with van der Waals surface area (Å²) in [6, 6.07) is 23.3. The van der Waals surface area contributed by atoms with Gasteiger partial charge in [0.1, 0.15) is 0 Å². The fraction of sp³-hybridized carbons (Fsp3) is 0.100. The number of hydrogen-bond donors (Lipinski definition) is 0. The molecule has 0 bridgehead atoms. The van der Waals surface area contributed by atoms with Gasteiger partial charge in [-0.25, -0.2) is 0 Å². The molecule has 93 valence electrons. The molecule has 0 unspecified atom stereocenters. The second-order valence-electron chi connectivity index (χ2n) is 5.74. The molecular formula is C20H13. The number of benzene rings is 3. The van der Waals surface area contributed by atoms with Crippen LogP contribution in [-0.4, -0.2) is 0 Å². The highest BCUT2D eigenvalue weighted by Gasteiger charge is 2.24. The third kappa shape index (κ3) is 1.26. The zero-order valence-corrected chi connectivity index (χ0v) is 11.1. The molecule has 0 N–H and O–H groups in total. The van der Waals surface area contributed by atoms with Gasteiger partial charge in [-0.15, -0.1) is 0 Å². The molecule has 20 heavy (non-hydrogen) atoms. The maximum absolute atomic E-state index is 3.39. The van der Waals surface area contributed by atoms with Crippen LogP contribution in [0.5, 0.6) is 0 Å². The van der Waals surface area contributed by atoms with Gasteiger partial charge in [-0.1, -0.05) is 42.5 Å². The van der Waals surface area contributed by atoms with E-state index in [4.69, 9.17) is 0 Å². The lowest BCUT2D eigenvalue weighted by molar-refractivity contribution is 1.24. The summed E-state index contributed by atoms with van der Waals surface area (Å²) in [6.07, 6.45) is 2.10. The lowest BCUT2D eigenvalue weighted by Gasteiger charge is -2.06. The van der Waals surface area contributed by atoms with Gasteiger partial charge >= 0.3 is 0 Å². The second-order valence-corrected chi connectivity index (χ2v) is 5.74. The predicted molar refractivity (Wildman–Crippen MR) is 81.8 cm³/mol. The first-order valence-electron chi connectivity index (χ1n) is 7.14. The summed E-state index contributed by atoms with van der Waals surface area (Å²) in [6.45, 7) is 0. The van der Waals surface area contributed by atoms with Gasteiger partial charge in [-0.05, 0) is 75.5 Å². The molecule has 0 nitrogen and oxygen atoms in total. The van der Waals surface area contributed by atoms with Crippen LogP contribution in [0, 0.1) is 6.07 Å². The maximum atomic E-state index is 3.39. The smallest absolute Gasteiger partial charge is 0.000706 e. The Balaban J connectivity index is 1.76. The Morgan fingerprint density at radius 3 is 2.35 bits per heavy atom. The molecule has 3 aromatic rings. The quantitative estimate of drug-likeness (QED) is 0.377. The van der Waals surface area contributed by atoms with Crippen molar-refractivity contribution in [1.82, 2.24) is 0 Å². The third-order valence-electron chi connectivity index (χ3n) is 4.62. The predicted octanol–water partition coefficient (Wildman–Crippen LogP) is 4.63. The maximum Gasteiger partial charge on any atom is -0.000706 e. The molecule has 0 saturated heterocycles. The number of fused-ring (bicyclic) bond motifs is 6. The Labute approximate surface area is 118 Å². The minimum absolute atomic E-state index is 1.03. The summed E-state index contributed by atoms with van der Waals surface area (Å²) in [5.41, 5.74) is 11.4. The normalized spacial score (nSPS) is 13.6. The van der Waals surface area contributed by atoms with Crippen molar-refractivity contribution in [1.29, 1.82) is 0 Å². The van der Waals surface area contributed by atoms with Crippen LogP contribution in [0.3, 0.4) is 0 Å². The first-order chi connectivity index (χ1) is 9.90. The fourth-order valence-corrected chi connectivity index (χ4v) is 3.69. The van der Waals surface area contributed by atoms with Gasteiger partial charge in [-0.3, -0.25) is 0 Å². The van der Waals surface area contributed by atoms with Gasteiger partial charge < -0.3 is 0 Å². The minimum atomic E-state index is 1.03. The van der Waals surface area contributed by atoms with Crippen molar-refractivity contribution in [3.05, 3.63) is 82.9 Å². The van der Waals surface area contributed by atoms with Crippen LogP contribution in [0.15, 0.2) is 54.6 Å². The number of hydrogen-bond acceptors (Lipinski definition) is 0. The summed E-state index contributed by atoms with van der Waals surface area (Å²) in [5.74, 6) is 0. The Morgan fingerprint density at radius 1 is 0.650 bits per heavy atom. The van der Waals surface area contributed by atoms with Gasteiger partial charge in [-0.2, -0.15) is 0 Å². The van der Waals surface area contributed by atoms with Crippen LogP contribution in [0.4, 0.5) is 0 Å². The Morgan fingerprint density at radius 2 is 1.40 bits per heavy atom. The SMILES string of the molecule is [c]1cccc2c1Cc1cc3c(cc1-2)Cc1ccccc1-3. The van der Waals surface area contributed by atoms with E-state index < -0.39 is 0 Å². The second kappa shape index (κ2) is 3.61. The lowest BCUT2D eigenvalue weighted by Crippen LogP contribution is -1.85. The van der Waals surface area contributed by atoms with E-state index in [2.05, 4.69) is 54.6 Å². The van der Waals surface area contributed by atoms with Gasteiger partial charge in [0.15, 0.2) is 0 Å². The van der Waals surface area contributed by atoms with Crippen molar-refractivity contribution in [3.63, 3.8) is 0 Å². The molecule has 0 aliphatic heterocycles. The highest BCUT2D eigenvalue weighted by Crippen LogP contribution is 2.44. The van der Waals surface area contributed by atoms with Crippen molar-refractivity contribution >= 4 is 0 Å². The molecule has 0 aromatic heterocycles. The summed E-state index contributed by atoms with van der Waals surface area (Å²) in [5, 5.41) is 0. The summed E-state index contributed by atoms with van der Waals surface area (Å²) < 4.78 is 0. The molecule has 0 heterocycles. The van der Waals surface area contributed by atoms with Crippen molar-refractivity contribution in [2.75, 3.05) is 0 Å². The van der Waals surface area contributed by atoms with Crippen molar-refractivity contribution in [3.8, 4) is 22.3 Å². The van der Waals surface area contributed by atoms with Crippen molar-refractivity contribution < 1.29 is 0 Å². The van der Waals surface area contributed by atoms with Crippen LogP contribution in [-0.2, 0) is 12.8 Å². The van der Waals surface area contributed by atoms with Gasteiger partial charge in [0.25, 0.3) is 0 Å². The van der Waals surface area contributed by atoms with Crippen LogP contribution in [0.1, 0.15) is 22.3 Å². The fourth-order valence-electron chi connectivity index (χ4n) is 3.69. The van der Waals surface area contributed by atoms with Crippen LogP contribution in [0.25, 0.3) is 22.3 Å². The average molecular weight is 253 g/mol. The summed E-state index contributed by atoms with van der Waals surface area (Å²) >= 11 is 0. The van der Waals surface area contributed by atoms with Crippen molar-refractivity contribution in [2.24, 2.45) is 0 Å². The molecule has 5 rings (SSSR count). The average Bonchev–Trinajstić information content (AvgIpc) is 3.02. The van der Waals surface area contributed by atoms with Crippen LogP contribution < -0.4 is 0 Å². The van der Waals surface area contributed by atoms with E-state index in [9.17, 15) is 0 Å². The van der Waals surface area contributed by atoms with E-state index in [1.165, 1.54) is 44.5 Å². The van der Waals surface area contributed by atoms with E-state index >= 15 is 0 Å². The van der Waals surface area contributed by atoms with Gasteiger partial charge in [0.2, 0.25) is 0 Å². The Bertz CT molecular complexity index is 782. The standard InChI is InChI=1S/C20H13/c1-3-7-17-13(5-1)9-15-11-20-16(12-19(15)17)10-14-6-2-4-8-18(14)20/h1-5,7-8,11-12H,9-10H2. The van der Waals surface area contributed by atoms with Gasteiger partial charge in [0.05, 0.1) is 0 Å². The summed E-state index contributed by atoms with van der Waals surface area (Å²) in [7, 11) is 0. The molecule has 0 amide bonds. The van der Waals surface area contributed by atoms with E-state index in [-0.39, 0.29) is 0 Å². The molecule has 1 radical (unpaired) electrons. The monoisotopic (exact) mass is 253 g/mol. The first-order valence-corrected chi connectivity index (χ1v) is 7.14. The molecule has 3 aromatic carbocycles. The Hall–Kier alpha value is -2.34. The first kappa shape index (κ1) is 10.4. The van der Waals surface area contributed by atoms with Crippen LogP contribution in [0.2, 0.25) is 0 Å². The van der Waals surface area contributed by atoms with E-state index in [0.29, 0.717) is 0 Å². The highest BCUT2D eigenvalue weighted by molar-refractivity contribution is 5.85. The van der Waals surface area contributed by atoms with E-state index in [1.807, 2.05) is 6.07 Å². The van der Waals surface area contributed by atoms with Crippen LogP contribution >= 0.6 is 0 Å². The Kier molecular flexibility index (Phi) is 1.88. The third-order valence-corrected chi connectivity index (χ3v) is 4.62. The van der Waals surface area contributed by atoms with E-state index in [1.54, 1.807) is 0 Å². The molecule has 2 aliphatic rings. The zero-order valence-electron chi connectivity index (χ0n) is 11.1. The molecule has 0 atom stereocenters.